The lowest BCUT2D eigenvalue weighted by Crippen LogP contribution is -2.36. The fraction of sp³-hybridized carbons (Fsp3) is 0.148. The number of carbonyl (C=O) groups is 1. The van der Waals surface area contributed by atoms with E-state index >= 15 is 0 Å². The number of nitrogens with zero attached hydrogens (tertiary/aromatic N) is 2. The number of β-amino-alcohol motifs (C(OH)–C–C–N with tert-alkyl or cyclic N) is 1. The number of amides is 1. The number of para-hydroxylation sites is 1. The first-order chi connectivity index (χ1) is 17.4. The molecule has 36 heavy (non-hydrogen) atoms. The maximum absolute atomic E-state index is 11.4. The molecule has 1 saturated heterocycles. The molecule has 0 radical (unpaired) electrons. The van der Waals surface area contributed by atoms with Gasteiger partial charge in [0, 0.05) is 29.6 Å². The second kappa shape index (κ2) is 9.84. The van der Waals surface area contributed by atoms with Gasteiger partial charge in [0.2, 0.25) is 5.91 Å². The Balaban J connectivity index is 1.38. The van der Waals surface area contributed by atoms with E-state index in [1.807, 2.05) is 54.6 Å². The Morgan fingerprint density at radius 1 is 1.17 bits per heavy atom. The van der Waals surface area contributed by atoms with Gasteiger partial charge in [0.15, 0.2) is 0 Å². The number of ether oxygens (including phenoxy) is 1. The number of benzene rings is 3. The van der Waals surface area contributed by atoms with Gasteiger partial charge in [-0.05, 0) is 48.5 Å². The van der Waals surface area contributed by atoms with Gasteiger partial charge in [-0.25, -0.2) is 9.97 Å². The predicted octanol–water partition coefficient (Wildman–Crippen LogP) is 3.75. The van der Waals surface area contributed by atoms with E-state index in [4.69, 9.17) is 22.1 Å². The Hall–Kier alpha value is -4.16. The molecule has 2 atom stereocenters. The van der Waals surface area contributed by atoms with Crippen LogP contribution in [0.5, 0.6) is 11.5 Å². The van der Waals surface area contributed by atoms with Crippen molar-refractivity contribution < 1.29 is 14.6 Å². The zero-order valence-corrected chi connectivity index (χ0v) is 19.8. The van der Waals surface area contributed by atoms with Crippen LogP contribution in [-0.2, 0) is 4.79 Å². The van der Waals surface area contributed by atoms with Crippen LogP contribution in [0.2, 0.25) is 5.02 Å². The van der Waals surface area contributed by atoms with Crippen LogP contribution in [0.1, 0.15) is 12.0 Å². The number of hydrogen-bond donors (Lipinski definition) is 4. The van der Waals surface area contributed by atoms with E-state index in [9.17, 15) is 9.90 Å². The number of halogens is 1. The summed E-state index contributed by atoms with van der Waals surface area (Å²) in [6.45, 7) is 0.168. The third kappa shape index (κ3) is 5.24. The SMILES string of the molecule is NC(=O)C1CC(O)(C#Cc2ccc3ncnc(Nc4ccc(Oc5ccccc5)c(Cl)c4)c3c2)CN1. The molecule has 0 bridgehead atoms. The average Bonchev–Trinajstić information content (AvgIpc) is 3.28. The molecule has 1 fully saturated rings. The van der Waals surface area contributed by atoms with Gasteiger partial charge in [0.05, 0.1) is 16.6 Å². The number of aromatic nitrogens is 2. The highest BCUT2D eigenvalue weighted by Crippen LogP contribution is 2.33. The molecule has 1 aliphatic heterocycles. The summed E-state index contributed by atoms with van der Waals surface area (Å²) in [5.74, 6) is 7.16. The van der Waals surface area contributed by atoms with Gasteiger partial charge in [-0.15, -0.1) is 0 Å². The molecule has 5 rings (SSSR count). The first kappa shape index (κ1) is 23.6. The van der Waals surface area contributed by atoms with Crippen LogP contribution in [-0.4, -0.2) is 39.2 Å². The van der Waals surface area contributed by atoms with Gasteiger partial charge in [-0.2, -0.15) is 0 Å². The molecule has 3 aromatic carbocycles. The molecule has 1 amide bonds. The van der Waals surface area contributed by atoms with Crippen LogP contribution < -0.4 is 21.1 Å². The number of anilines is 2. The van der Waals surface area contributed by atoms with E-state index in [-0.39, 0.29) is 13.0 Å². The van der Waals surface area contributed by atoms with E-state index in [0.29, 0.717) is 27.9 Å². The summed E-state index contributed by atoms with van der Waals surface area (Å²) in [6, 6.07) is 19.7. The fourth-order valence-electron chi connectivity index (χ4n) is 3.91. The molecule has 5 N–H and O–H groups in total. The van der Waals surface area contributed by atoms with Crippen LogP contribution in [0.25, 0.3) is 10.9 Å². The molecule has 8 nitrogen and oxygen atoms in total. The van der Waals surface area contributed by atoms with Crippen molar-refractivity contribution in [3.8, 4) is 23.3 Å². The minimum Gasteiger partial charge on any atom is -0.456 e. The molecule has 4 aromatic rings. The number of hydrogen-bond acceptors (Lipinski definition) is 7. The second-order valence-corrected chi connectivity index (χ2v) is 8.87. The van der Waals surface area contributed by atoms with Gasteiger partial charge >= 0.3 is 0 Å². The number of fused-ring (bicyclic) bond motifs is 1. The highest BCUT2D eigenvalue weighted by atomic mass is 35.5. The van der Waals surface area contributed by atoms with Crippen LogP contribution >= 0.6 is 11.6 Å². The lowest BCUT2D eigenvalue weighted by atomic mass is 10.00. The molecule has 2 heterocycles. The van der Waals surface area contributed by atoms with E-state index in [1.165, 1.54) is 6.33 Å². The Morgan fingerprint density at radius 2 is 2.00 bits per heavy atom. The second-order valence-electron chi connectivity index (χ2n) is 8.46. The van der Waals surface area contributed by atoms with Crippen LogP contribution in [0.4, 0.5) is 11.5 Å². The fourth-order valence-corrected chi connectivity index (χ4v) is 4.13. The third-order valence-corrected chi connectivity index (χ3v) is 6.06. The van der Waals surface area contributed by atoms with Crippen molar-refractivity contribution in [2.24, 2.45) is 5.73 Å². The highest BCUT2D eigenvalue weighted by molar-refractivity contribution is 6.32. The maximum Gasteiger partial charge on any atom is 0.234 e. The quantitative estimate of drug-likeness (QED) is 0.308. The van der Waals surface area contributed by atoms with Crippen molar-refractivity contribution in [3.63, 3.8) is 0 Å². The lowest BCUT2D eigenvalue weighted by molar-refractivity contribution is -0.119. The average molecular weight is 500 g/mol. The Kier molecular flexibility index (Phi) is 6.44. The van der Waals surface area contributed by atoms with Gasteiger partial charge in [0.25, 0.3) is 0 Å². The molecule has 180 valence electrons. The summed E-state index contributed by atoms with van der Waals surface area (Å²) in [6.07, 6.45) is 1.62. The number of carbonyl (C=O) groups excluding carboxylic acids is 1. The molecule has 0 aliphatic carbocycles. The van der Waals surface area contributed by atoms with Crippen molar-refractivity contribution >= 4 is 39.9 Å². The van der Waals surface area contributed by atoms with Gasteiger partial charge in [-0.3, -0.25) is 4.79 Å². The van der Waals surface area contributed by atoms with E-state index in [1.54, 1.807) is 12.1 Å². The molecule has 2 unspecified atom stereocenters. The Morgan fingerprint density at radius 3 is 2.75 bits per heavy atom. The predicted molar refractivity (Wildman–Crippen MR) is 138 cm³/mol. The van der Waals surface area contributed by atoms with Crippen molar-refractivity contribution in [1.82, 2.24) is 15.3 Å². The molecule has 1 aromatic heterocycles. The molecule has 1 aliphatic rings. The van der Waals surface area contributed by atoms with Gasteiger partial charge in [0.1, 0.15) is 29.2 Å². The zero-order valence-electron chi connectivity index (χ0n) is 19.0. The largest absolute Gasteiger partial charge is 0.456 e. The highest BCUT2D eigenvalue weighted by Gasteiger charge is 2.38. The monoisotopic (exact) mass is 499 g/mol. The van der Waals surface area contributed by atoms with Crippen LogP contribution in [0, 0.1) is 11.8 Å². The maximum atomic E-state index is 11.4. The summed E-state index contributed by atoms with van der Waals surface area (Å²) >= 11 is 6.46. The van der Waals surface area contributed by atoms with Crippen molar-refractivity contribution in [2.45, 2.75) is 18.1 Å². The molecular formula is C27H22ClN5O3. The summed E-state index contributed by atoms with van der Waals surface area (Å²) in [5.41, 5.74) is 6.11. The van der Waals surface area contributed by atoms with E-state index in [2.05, 4.69) is 32.4 Å². The van der Waals surface area contributed by atoms with Crippen LogP contribution in [0.3, 0.4) is 0 Å². The Labute approximate surface area is 212 Å². The zero-order chi connectivity index (χ0) is 25.1. The molecular weight excluding hydrogens is 478 g/mol. The normalized spacial score (nSPS) is 18.9. The minimum absolute atomic E-state index is 0.142. The molecule has 0 saturated carbocycles. The third-order valence-electron chi connectivity index (χ3n) is 5.77. The van der Waals surface area contributed by atoms with Crippen LogP contribution in [0.15, 0.2) is 73.1 Å². The minimum atomic E-state index is -1.33. The molecule has 9 heteroatoms. The first-order valence-corrected chi connectivity index (χ1v) is 11.6. The van der Waals surface area contributed by atoms with E-state index < -0.39 is 17.6 Å². The van der Waals surface area contributed by atoms with Crippen molar-refractivity contribution in [1.29, 1.82) is 0 Å². The first-order valence-electron chi connectivity index (χ1n) is 11.2. The number of primary amides is 1. The summed E-state index contributed by atoms with van der Waals surface area (Å²) in [5, 5.41) is 18.0. The summed E-state index contributed by atoms with van der Waals surface area (Å²) < 4.78 is 5.85. The topological polar surface area (TPSA) is 122 Å². The van der Waals surface area contributed by atoms with Crippen molar-refractivity contribution in [3.05, 3.63) is 83.6 Å². The summed E-state index contributed by atoms with van der Waals surface area (Å²) in [4.78, 5) is 20.1. The van der Waals surface area contributed by atoms with E-state index in [0.717, 1.165) is 16.6 Å². The number of nitrogens with one attached hydrogen (secondary N) is 2. The van der Waals surface area contributed by atoms with Gasteiger partial charge in [-0.1, -0.05) is 41.6 Å². The number of rotatable bonds is 5. The van der Waals surface area contributed by atoms with Crippen molar-refractivity contribution in [2.75, 3.05) is 11.9 Å². The molecule has 0 spiro atoms. The smallest absolute Gasteiger partial charge is 0.234 e. The van der Waals surface area contributed by atoms with Gasteiger partial charge < -0.3 is 26.2 Å². The number of nitrogens with two attached hydrogens (primary N) is 1. The number of aliphatic hydroxyl groups is 1. The summed E-state index contributed by atoms with van der Waals surface area (Å²) in [7, 11) is 0. The standard InChI is InChI=1S/C27H22ClN5O3/c28-21-13-18(7-9-24(21)36-19-4-2-1-3-5-19)33-26-20-12-17(6-8-22(20)31-16-32-26)10-11-27(35)14-23(25(29)34)30-15-27/h1-9,12-13,16,23,30,35H,14-15H2,(H2,29,34)(H,31,32,33). The Bertz CT molecular complexity index is 1500. The lowest BCUT2D eigenvalue weighted by Gasteiger charge is -2.13.